The lowest BCUT2D eigenvalue weighted by atomic mass is 10.2. The SMILES string of the molecule is O[C@H]1CN[C@@H](c2nc(-c3cc(F)cc(Br)c3)no2)C1. The molecule has 2 aromatic rings. The molecule has 1 aromatic heterocycles. The molecule has 1 aliphatic rings. The van der Waals surface area contributed by atoms with Crippen molar-refractivity contribution in [3.05, 3.63) is 34.4 Å². The molecule has 0 unspecified atom stereocenters. The van der Waals surface area contributed by atoms with Crippen LogP contribution >= 0.6 is 15.9 Å². The molecular weight excluding hydrogens is 317 g/mol. The molecule has 3 rings (SSSR count). The lowest BCUT2D eigenvalue weighted by molar-refractivity contribution is 0.191. The van der Waals surface area contributed by atoms with E-state index in [-0.39, 0.29) is 11.9 Å². The van der Waals surface area contributed by atoms with Gasteiger partial charge in [-0.1, -0.05) is 21.1 Å². The average Bonchev–Trinajstić information content (AvgIpc) is 2.95. The van der Waals surface area contributed by atoms with E-state index in [2.05, 4.69) is 31.4 Å². The maximum Gasteiger partial charge on any atom is 0.244 e. The molecule has 0 saturated carbocycles. The number of aliphatic hydroxyl groups excluding tert-OH is 1. The summed E-state index contributed by atoms with van der Waals surface area (Å²) >= 11 is 3.22. The minimum atomic E-state index is -0.399. The fraction of sp³-hybridized carbons (Fsp3) is 0.333. The van der Waals surface area contributed by atoms with E-state index in [4.69, 9.17) is 4.52 Å². The molecule has 0 radical (unpaired) electrons. The maximum atomic E-state index is 13.3. The Morgan fingerprint density at radius 2 is 2.26 bits per heavy atom. The number of rotatable bonds is 2. The molecule has 2 atom stereocenters. The molecule has 0 bridgehead atoms. The molecule has 1 aliphatic heterocycles. The van der Waals surface area contributed by atoms with Gasteiger partial charge in [-0.2, -0.15) is 4.98 Å². The smallest absolute Gasteiger partial charge is 0.244 e. The molecule has 5 nitrogen and oxygen atoms in total. The van der Waals surface area contributed by atoms with E-state index in [1.54, 1.807) is 6.07 Å². The second kappa shape index (κ2) is 4.99. The summed E-state index contributed by atoms with van der Waals surface area (Å²) < 4.78 is 19.1. The van der Waals surface area contributed by atoms with Gasteiger partial charge in [0, 0.05) is 16.6 Å². The Bertz CT molecular complexity index is 584. The molecule has 7 heteroatoms. The molecule has 1 aromatic carbocycles. The van der Waals surface area contributed by atoms with Gasteiger partial charge >= 0.3 is 0 Å². The van der Waals surface area contributed by atoms with Gasteiger partial charge in [-0.15, -0.1) is 0 Å². The zero-order valence-electron chi connectivity index (χ0n) is 9.81. The maximum absolute atomic E-state index is 13.3. The van der Waals surface area contributed by atoms with Crippen LogP contribution in [0.5, 0.6) is 0 Å². The van der Waals surface area contributed by atoms with E-state index in [1.807, 2.05) is 0 Å². The summed E-state index contributed by atoms with van der Waals surface area (Å²) in [5.41, 5.74) is 0.542. The highest BCUT2D eigenvalue weighted by molar-refractivity contribution is 9.10. The number of benzene rings is 1. The quantitative estimate of drug-likeness (QED) is 0.883. The summed E-state index contributed by atoms with van der Waals surface area (Å²) in [6.07, 6.45) is 0.137. The van der Waals surface area contributed by atoms with Crippen molar-refractivity contribution < 1.29 is 14.0 Å². The Morgan fingerprint density at radius 3 is 2.95 bits per heavy atom. The second-order valence-corrected chi connectivity index (χ2v) is 5.38. The monoisotopic (exact) mass is 327 g/mol. The molecule has 19 heavy (non-hydrogen) atoms. The first kappa shape index (κ1) is 12.7. The number of aliphatic hydroxyl groups is 1. The lowest BCUT2D eigenvalue weighted by Crippen LogP contribution is -2.15. The molecular formula is C12H11BrFN3O2. The van der Waals surface area contributed by atoms with Crippen molar-refractivity contribution in [3.8, 4) is 11.4 Å². The number of aromatic nitrogens is 2. The molecule has 0 aliphatic carbocycles. The van der Waals surface area contributed by atoms with Crippen molar-refractivity contribution >= 4 is 15.9 Å². The average molecular weight is 328 g/mol. The first-order valence-corrected chi connectivity index (χ1v) is 6.62. The fourth-order valence-electron chi connectivity index (χ4n) is 2.08. The Labute approximate surface area is 117 Å². The van der Waals surface area contributed by atoms with Gasteiger partial charge in [-0.3, -0.25) is 0 Å². The predicted molar refractivity (Wildman–Crippen MR) is 68.8 cm³/mol. The number of hydrogen-bond acceptors (Lipinski definition) is 5. The van der Waals surface area contributed by atoms with Crippen molar-refractivity contribution in [3.63, 3.8) is 0 Å². The van der Waals surface area contributed by atoms with Gasteiger partial charge in [0.1, 0.15) is 5.82 Å². The van der Waals surface area contributed by atoms with Crippen molar-refractivity contribution in [2.75, 3.05) is 6.54 Å². The van der Waals surface area contributed by atoms with Crippen LogP contribution in [0.1, 0.15) is 18.4 Å². The minimum absolute atomic E-state index is 0.145. The zero-order valence-corrected chi connectivity index (χ0v) is 11.4. The van der Waals surface area contributed by atoms with Crippen LogP contribution in [0.4, 0.5) is 4.39 Å². The van der Waals surface area contributed by atoms with Crippen LogP contribution in [0, 0.1) is 5.82 Å². The Balaban J connectivity index is 1.88. The normalized spacial score (nSPS) is 22.9. The van der Waals surface area contributed by atoms with E-state index >= 15 is 0 Å². The van der Waals surface area contributed by atoms with E-state index in [0.717, 1.165) is 0 Å². The molecule has 100 valence electrons. The summed E-state index contributed by atoms with van der Waals surface area (Å²) in [6.45, 7) is 0.508. The summed E-state index contributed by atoms with van der Waals surface area (Å²) in [6, 6.07) is 4.28. The molecule has 0 amide bonds. The van der Waals surface area contributed by atoms with E-state index < -0.39 is 6.10 Å². The summed E-state index contributed by atoms with van der Waals surface area (Å²) in [7, 11) is 0. The Kier molecular flexibility index (Phi) is 3.34. The molecule has 2 N–H and O–H groups in total. The van der Waals surface area contributed by atoms with E-state index in [9.17, 15) is 9.50 Å². The number of halogens is 2. The van der Waals surface area contributed by atoms with Gasteiger partial charge in [-0.25, -0.2) is 4.39 Å². The lowest BCUT2D eigenvalue weighted by Gasteiger charge is -2.01. The largest absolute Gasteiger partial charge is 0.392 e. The van der Waals surface area contributed by atoms with Gasteiger partial charge < -0.3 is 14.9 Å². The Hall–Kier alpha value is -1.31. The third kappa shape index (κ3) is 2.68. The van der Waals surface area contributed by atoms with Crippen LogP contribution in [0.25, 0.3) is 11.4 Å². The van der Waals surface area contributed by atoms with Crippen LogP contribution in [0.15, 0.2) is 27.2 Å². The third-order valence-electron chi connectivity index (χ3n) is 2.97. The number of β-amino-alcohol motifs (C(OH)–C–C–N with tert-alkyl or cyclic N) is 1. The number of nitrogens with one attached hydrogen (secondary N) is 1. The van der Waals surface area contributed by atoms with Gasteiger partial charge in [0.2, 0.25) is 11.7 Å². The number of hydrogen-bond donors (Lipinski definition) is 2. The van der Waals surface area contributed by atoms with Gasteiger partial charge in [0.25, 0.3) is 0 Å². The molecule has 1 fully saturated rings. The van der Waals surface area contributed by atoms with Crippen LogP contribution in [0.3, 0.4) is 0 Å². The second-order valence-electron chi connectivity index (χ2n) is 4.46. The Morgan fingerprint density at radius 1 is 1.42 bits per heavy atom. The number of nitrogens with zero attached hydrogens (tertiary/aromatic N) is 2. The van der Waals surface area contributed by atoms with Gasteiger partial charge in [-0.05, 0) is 24.6 Å². The fourth-order valence-corrected chi connectivity index (χ4v) is 2.55. The van der Waals surface area contributed by atoms with E-state index in [1.165, 1.54) is 12.1 Å². The zero-order chi connectivity index (χ0) is 13.4. The highest BCUT2D eigenvalue weighted by atomic mass is 79.9. The van der Waals surface area contributed by atoms with Crippen LogP contribution in [-0.4, -0.2) is 27.9 Å². The first-order valence-electron chi connectivity index (χ1n) is 5.83. The van der Waals surface area contributed by atoms with Crippen molar-refractivity contribution in [1.82, 2.24) is 15.5 Å². The van der Waals surface area contributed by atoms with Crippen LogP contribution in [-0.2, 0) is 0 Å². The predicted octanol–water partition coefficient (Wildman–Crippen LogP) is 2.03. The highest BCUT2D eigenvalue weighted by Crippen LogP contribution is 2.26. The first-order chi connectivity index (χ1) is 9.11. The molecule has 2 heterocycles. The van der Waals surface area contributed by atoms with Crippen LogP contribution < -0.4 is 5.32 Å². The van der Waals surface area contributed by atoms with Crippen LogP contribution in [0.2, 0.25) is 0 Å². The van der Waals surface area contributed by atoms with E-state index in [0.29, 0.717) is 34.7 Å². The van der Waals surface area contributed by atoms with Crippen molar-refractivity contribution in [2.24, 2.45) is 0 Å². The molecule has 1 saturated heterocycles. The molecule has 0 spiro atoms. The minimum Gasteiger partial charge on any atom is -0.392 e. The highest BCUT2D eigenvalue weighted by Gasteiger charge is 2.28. The summed E-state index contributed by atoms with van der Waals surface area (Å²) in [4.78, 5) is 4.24. The summed E-state index contributed by atoms with van der Waals surface area (Å²) in [5.74, 6) is 0.371. The van der Waals surface area contributed by atoms with Gasteiger partial charge in [0.05, 0.1) is 12.1 Å². The summed E-state index contributed by atoms with van der Waals surface area (Å²) in [5, 5.41) is 16.4. The van der Waals surface area contributed by atoms with Gasteiger partial charge in [0.15, 0.2) is 0 Å². The third-order valence-corrected chi connectivity index (χ3v) is 3.43. The topological polar surface area (TPSA) is 71.2 Å². The standard InChI is InChI=1S/C12H11BrFN3O2/c13-7-1-6(2-8(14)3-7)11-16-12(19-17-11)10-4-9(18)5-15-10/h1-3,9-10,15,18H,4-5H2/t9-,10-/m1/s1. The van der Waals surface area contributed by atoms with Crippen molar-refractivity contribution in [1.29, 1.82) is 0 Å². The van der Waals surface area contributed by atoms with Crippen molar-refractivity contribution in [2.45, 2.75) is 18.6 Å².